The molecule has 0 aliphatic carbocycles. The summed E-state index contributed by atoms with van der Waals surface area (Å²) in [5.74, 6) is 0.417. The van der Waals surface area contributed by atoms with E-state index in [0.29, 0.717) is 11.4 Å². The summed E-state index contributed by atoms with van der Waals surface area (Å²) in [6, 6.07) is 10.9. The molecule has 2 N–H and O–H groups in total. The van der Waals surface area contributed by atoms with E-state index in [9.17, 15) is 4.79 Å². The van der Waals surface area contributed by atoms with Gasteiger partial charge in [-0.3, -0.25) is 9.89 Å². The summed E-state index contributed by atoms with van der Waals surface area (Å²) in [4.78, 5) is 11.7. The Bertz CT molecular complexity index is 476. The van der Waals surface area contributed by atoms with Gasteiger partial charge >= 0.3 is 0 Å². The number of rotatable bonds is 3. The average molecular weight is 215 g/mol. The number of anilines is 1. The van der Waals surface area contributed by atoms with Gasteiger partial charge in [-0.2, -0.15) is 5.10 Å². The van der Waals surface area contributed by atoms with E-state index in [-0.39, 0.29) is 5.91 Å². The molecule has 1 aromatic heterocycles. The third-order valence-corrected chi connectivity index (χ3v) is 2.29. The Morgan fingerprint density at radius 1 is 1.38 bits per heavy atom. The van der Waals surface area contributed by atoms with Crippen LogP contribution in [0.5, 0.6) is 0 Å². The summed E-state index contributed by atoms with van der Waals surface area (Å²) in [5.41, 5.74) is 1.63. The Labute approximate surface area is 93.7 Å². The van der Waals surface area contributed by atoms with Crippen molar-refractivity contribution in [3.05, 3.63) is 47.7 Å². The lowest BCUT2D eigenvalue weighted by Crippen LogP contribution is -2.11. The van der Waals surface area contributed by atoms with Crippen LogP contribution in [0.25, 0.3) is 0 Å². The first kappa shape index (κ1) is 10.4. The summed E-state index contributed by atoms with van der Waals surface area (Å²) in [7, 11) is 0. The number of carbonyl (C=O) groups excluding carboxylic acids is 1. The highest BCUT2D eigenvalue weighted by atomic mass is 16.1. The van der Waals surface area contributed by atoms with Gasteiger partial charge in [-0.05, 0) is 18.6 Å². The van der Waals surface area contributed by atoms with Gasteiger partial charge in [-0.1, -0.05) is 25.1 Å². The molecule has 1 amide bonds. The highest BCUT2D eigenvalue weighted by molar-refractivity contribution is 6.03. The van der Waals surface area contributed by atoms with Gasteiger partial charge in [0.25, 0.3) is 5.91 Å². The van der Waals surface area contributed by atoms with Gasteiger partial charge in [-0.15, -0.1) is 0 Å². The molecule has 4 heteroatoms. The Morgan fingerprint density at radius 3 is 2.75 bits per heavy atom. The van der Waals surface area contributed by atoms with Crippen molar-refractivity contribution >= 4 is 11.7 Å². The van der Waals surface area contributed by atoms with Gasteiger partial charge in [0.1, 0.15) is 0 Å². The molecule has 2 aromatic rings. The van der Waals surface area contributed by atoms with Crippen molar-refractivity contribution in [1.82, 2.24) is 10.2 Å². The molecule has 0 unspecified atom stereocenters. The normalized spacial score (nSPS) is 10.1. The molecule has 82 valence electrons. The summed E-state index contributed by atoms with van der Waals surface area (Å²) in [6.45, 7) is 2.02. The molecular weight excluding hydrogens is 202 g/mol. The maximum absolute atomic E-state index is 11.7. The van der Waals surface area contributed by atoms with Crippen LogP contribution < -0.4 is 5.32 Å². The number of nitrogens with zero attached hydrogens (tertiary/aromatic N) is 1. The molecular formula is C12H13N3O. The summed E-state index contributed by atoms with van der Waals surface area (Å²) in [6.07, 6.45) is 0.869. The molecule has 0 fully saturated rings. The first-order chi connectivity index (χ1) is 7.79. The van der Waals surface area contributed by atoms with E-state index in [0.717, 1.165) is 12.1 Å². The maximum Gasteiger partial charge on any atom is 0.256 e. The molecule has 0 radical (unpaired) electrons. The zero-order valence-corrected chi connectivity index (χ0v) is 9.03. The van der Waals surface area contributed by atoms with E-state index >= 15 is 0 Å². The average Bonchev–Trinajstić information content (AvgIpc) is 2.78. The number of aromatic nitrogens is 2. The number of benzene rings is 1. The van der Waals surface area contributed by atoms with Gasteiger partial charge in [0.15, 0.2) is 5.82 Å². The predicted molar refractivity (Wildman–Crippen MR) is 62.4 cm³/mol. The minimum atomic E-state index is -0.144. The number of amides is 1. The van der Waals surface area contributed by atoms with Crippen LogP contribution in [-0.2, 0) is 6.42 Å². The first-order valence-corrected chi connectivity index (χ1v) is 5.20. The van der Waals surface area contributed by atoms with Crippen LogP contribution >= 0.6 is 0 Å². The van der Waals surface area contributed by atoms with Crippen LogP contribution in [0, 0.1) is 0 Å². The van der Waals surface area contributed by atoms with E-state index in [1.54, 1.807) is 12.1 Å². The maximum atomic E-state index is 11.7. The molecule has 0 atom stereocenters. The number of hydrogen-bond donors (Lipinski definition) is 2. The van der Waals surface area contributed by atoms with Crippen LogP contribution in [0.15, 0.2) is 36.4 Å². The second-order valence-corrected chi connectivity index (χ2v) is 3.45. The van der Waals surface area contributed by atoms with Crippen molar-refractivity contribution < 1.29 is 4.79 Å². The summed E-state index contributed by atoms with van der Waals surface area (Å²) in [5, 5.41) is 9.57. The summed E-state index contributed by atoms with van der Waals surface area (Å²) < 4.78 is 0. The van der Waals surface area contributed by atoms with E-state index in [1.165, 1.54) is 0 Å². The fourth-order valence-electron chi connectivity index (χ4n) is 1.38. The molecule has 0 saturated heterocycles. The van der Waals surface area contributed by atoms with Crippen LogP contribution in [0.2, 0.25) is 0 Å². The van der Waals surface area contributed by atoms with Crippen molar-refractivity contribution in [3.8, 4) is 0 Å². The highest BCUT2D eigenvalue weighted by Gasteiger charge is 2.06. The zero-order valence-electron chi connectivity index (χ0n) is 9.03. The second kappa shape index (κ2) is 4.61. The Balaban J connectivity index is 2.08. The van der Waals surface area contributed by atoms with E-state index in [2.05, 4.69) is 15.5 Å². The van der Waals surface area contributed by atoms with Gasteiger partial charge < -0.3 is 5.32 Å². The van der Waals surface area contributed by atoms with Crippen molar-refractivity contribution in [2.45, 2.75) is 13.3 Å². The van der Waals surface area contributed by atoms with Gasteiger partial charge in [0, 0.05) is 17.3 Å². The molecule has 4 nitrogen and oxygen atoms in total. The number of hydrogen-bond acceptors (Lipinski definition) is 2. The molecule has 2 rings (SSSR count). The minimum Gasteiger partial charge on any atom is -0.305 e. The number of H-pyrrole nitrogens is 1. The predicted octanol–water partition coefficient (Wildman–Crippen LogP) is 2.22. The molecule has 16 heavy (non-hydrogen) atoms. The zero-order chi connectivity index (χ0) is 11.4. The fourth-order valence-corrected chi connectivity index (χ4v) is 1.38. The summed E-state index contributed by atoms with van der Waals surface area (Å²) >= 11 is 0. The lowest BCUT2D eigenvalue weighted by atomic mass is 10.2. The topological polar surface area (TPSA) is 57.8 Å². The van der Waals surface area contributed by atoms with Crippen LogP contribution in [-0.4, -0.2) is 16.1 Å². The Morgan fingerprint density at radius 2 is 2.12 bits per heavy atom. The molecule has 0 aliphatic heterocycles. The number of aromatic amines is 1. The van der Waals surface area contributed by atoms with E-state index in [1.807, 2.05) is 31.2 Å². The van der Waals surface area contributed by atoms with Crippen molar-refractivity contribution in [2.24, 2.45) is 0 Å². The quantitative estimate of drug-likeness (QED) is 0.824. The van der Waals surface area contributed by atoms with Crippen LogP contribution in [0.3, 0.4) is 0 Å². The molecule has 1 aromatic carbocycles. The minimum absolute atomic E-state index is 0.144. The lowest BCUT2D eigenvalue weighted by molar-refractivity contribution is 0.102. The highest BCUT2D eigenvalue weighted by Crippen LogP contribution is 2.08. The monoisotopic (exact) mass is 215 g/mol. The third-order valence-electron chi connectivity index (χ3n) is 2.29. The molecule has 0 aliphatic rings. The third kappa shape index (κ3) is 2.28. The second-order valence-electron chi connectivity index (χ2n) is 3.45. The van der Waals surface area contributed by atoms with E-state index < -0.39 is 0 Å². The Kier molecular flexibility index (Phi) is 3.00. The molecule has 0 saturated carbocycles. The number of nitrogens with one attached hydrogen (secondary N) is 2. The van der Waals surface area contributed by atoms with Crippen molar-refractivity contribution in [1.29, 1.82) is 0 Å². The van der Waals surface area contributed by atoms with E-state index in [4.69, 9.17) is 0 Å². The van der Waals surface area contributed by atoms with Crippen molar-refractivity contribution in [2.75, 3.05) is 5.32 Å². The number of carbonyl (C=O) groups is 1. The van der Waals surface area contributed by atoms with Gasteiger partial charge in [-0.25, -0.2) is 0 Å². The fraction of sp³-hybridized carbons (Fsp3) is 0.167. The van der Waals surface area contributed by atoms with Crippen LogP contribution in [0.1, 0.15) is 23.0 Å². The SMILES string of the molecule is CCc1cc(NC(=O)c2ccccc2)n[nH]1. The van der Waals surface area contributed by atoms with Crippen molar-refractivity contribution in [3.63, 3.8) is 0 Å². The largest absolute Gasteiger partial charge is 0.305 e. The smallest absolute Gasteiger partial charge is 0.256 e. The molecule has 0 spiro atoms. The van der Waals surface area contributed by atoms with Gasteiger partial charge in [0.2, 0.25) is 0 Å². The number of aryl methyl sites for hydroxylation is 1. The lowest BCUT2D eigenvalue weighted by Gasteiger charge is -2.00. The first-order valence-electron chi connectivity index (χ1n) is 5.20. The molecule has 1 heterocycles. The molecule has 0 bridgehead atoms. The van der Waals surface area contributed by atoms with Gasteiger partial charge in [0.05, 0.1) is 0 Å². The standard InChI is InChI=1S/C12H13N3O/c1-2-10-8-11(15-14-10)13-12(16)9-6-4-3-5-7-9/h3-8H,2H2,1H3,(H2,13,14,15,16). The van der Waals surface area contributed by atoms with Crippen LogP contribution in [0.4, 0.5) is 5.82 Å². The Hall–Kier alpha value is -2.10.